The van der Waals surface area contributed by atoms with Gasteiger partial charge in [0.15, 0.2) is 5.84 Å². The lowest BCUT2D eigenvalue weighted by Gasteiger charge is -2.20. The SMILES string of the molecule is CCN(CC)c1ccc(/C=N/N2CC(O)=C(c3nc4ccccc4s3)C2=N)cc1. The highest BCUT2D eigenvalue weighted by molar-refractivity contribution is 7.19. The molecule has 0 spiro atoms. The van der Waals surface area contributed by atoms with Gasteiger partial charge in [-0.05, 0) is 43.7 Å². The summed E-state index contributed by atoms with van der Waals surface area (Å²) >= 11 is 1.47. The fourth-order valence-electron chi connectivity index (χ4n) is 3.36. The molecule has 6 nitrogen and oxygen atoms in total. The summed E-state index contributed by atoms with van der Waals surface area (Å²) in [4.78, 5) is 6.85. The van der Waals surface area contributed by atoms with Crippen LogP contribution in [0.15, 0.2) is 59.4 Å². The molecule has 0 fully saturated rings. The molecule has 7 heteroatoms. The second kappa shape index (κ2) is 8.05. The molecule has 3 aromatic rings. The van der Waals surface area contributed by atoms with E-state index >= 15 is 0 Å². The molecule has 1 aliphatic rings. The first kappa shape index (κ1) is 19.1. The number of fused-ring (bicyclic) bond motifs is 1. The van der Waals surface area contributed by atoms with Crippen LogP contribution in [0.25, 0.3) is 15.8 Å². The molecule has 0 saturated heterocycles. The molecule has 29 heavy (non-hydrogen) atoms. The Morgan fingerprint density at radius 1 is 1.17 bits per heavy atom. The number of aliphatic hydroxyl groups excluding tert-OH is 1. The van der Waals surface area contributed by atoms with Gasteiger partial charge in [-0.25, -0.2) is 9.99 Å². The number of hydrazone groups is 1. The zero-order valence-electron chi connectivity index (χ0n) is 16.5. The number of hydrogen-bond donors (Lipinski definition) is 2. The summed E-state index contributed by atoms with van der Waals surface area (Å²) in [5.41, 5.74) is 3.45. The van der Waals surface area contributed by atoms with E-state index in [0.717, 1.165) is 28.9 Å². The summed E-state index contributed by atoms with van der Waals surface area (Å²) in [5, 5.41) is 25.5. The van der Waals surface area contributed by atoms with Crippen LogP contribution in [0, 0.1) is 5.41 Å². The van der Waals surface area contributed by atoms with Crippen LogP contribution in [0.5, 0.6) is 0 Å². The van der Waals surface area contributed by atoms with Crippen LogP contribution in [-0.2, 0) is 0 Å². The van der Waals surface area contributed by atoms with Crippen LogP contribution in [-0.4, -0.2) is 46.8 Å². The molecule has 0 unspecified atom stereocenters. The number of nitrogens with one attached hydrogen (secondary N) is 1. The number of para-hydroxylation sites is 1. The molecule has 0 atom stereocenters. The van der Waals surface area contributed by atoms with Crippen molar-refractivity contribution in [1.82, 2.24) is 9.99 Å². The monoisotopic (exact) mass is 405 g/mol. The van der Waals surface area contributed by atoms with Gasteiger partial charge in [0.05, 0.1) is 22.0 Å². The molecular weight excluding hydrogens is 382 g/mol. The average Bonchev–Trinajstić information content (AvgIpc) is 3.28. The standard InChI is InChI=1S/C22H23N5OS/c1-3-26(4-2)16-11-9-15(10-12-16)13-24-27-14-18(28)20(21(27)23)22-25-17-7-5-6-8-19(17)29-22/h5-13,23,28H,3-4,14H2,1-2H3/b23-21?,24-13+. The van der Waals surface area contributed by atoms with Gasteiger partial charge in [0.1, 0.15) is 17.3 Å². The van der Waals surface area contributed by atoms with Crippen molar-refractivity contribution in [3.8, 4) is 0 Å². The highest BCUT2D eigenvalue weighted by Crippen LogP contribution is 2.33. The maximum absolute atomic E-state index is 10.4. The highest BCUT2D eigenvalue weighted by atomic mass is 32.1. The molecule has 0 bridgehead atoms. The Morgan fingerprint density at radius 3 is 2.59 bits per heavy atom. The van der Waals surface area contributed by atoms with Crippen LogP contribution in [0.2, 0.25) is 0 Å². The van der Waals surface area contributed by atoms with E-state index in [4.69, 9.17) is 5.41 Å². The summed E-state index contributed by atoms with van der Waals surface area (Å²) in [6.07, 6.45) is 1.72. The first-order valence-corrected chi connectivity index (χ1v) is 10.5. The fraction of sp³-hybridized carbons (Fsp3) is 0.227. The third-order valence-electron chi connectivity index (χ3n) is 4.96. The molecule has 2 N–H and O–H groups in total. The van der Waals surface area contributed by atoms with Crippen LogP contribution in [0.3, 0.4) is 0 Å². The number of benzene rings is 2. The number of aromatic nitrogens is 1. The first-order chi connectivity index (χ1) is 14.1. The topological polar surface area (TPSA) is 75.8 Å². The minimum Gasteiger partial charge on any atom is -0.509 e. The fourth-order valence-corrected chi connectivity index (χ4v) is 4.40. The third kappa shape index (κ3) is 3.73. The van der Waals surface area contributed by atoms with E-state index in [1.807, 2.05) is 36.4 Å². The lowest BCUT2D eigenvalue weighted by Crippen LogP contribution is -2.21. The number of thiazole rings is 1. The second-order valence-corrected chi connectivity index (χ2v) is 7.75. The smallest absolute Gasteiger partial charge is 0.155 e. The minimum absolute atomic E-state index is 0.128. The van der Waals surface area contributed by atoms with Gasteiger partial charge in [-0.15, -0.1) is 11.3 Å². The number of anilines is 1. The normalized spacial score (nSPS) is 14.6. The summed E-state index contributed by atoms with van der Waals surface area (Å²) in [6, 6.07) is 16.0. The Labute approximate surface area is 173 Å². The second-order valence-electron chi connectivity index (χ2n) is 6.72. The molecule has 1 aromatic heterocycles. The van der Waals surface area contributed by atoms with Crippen molar-refractivity contribution in [1.29, 1.82) is 5.41 Å². The van der Waals surface area contributed by atoms with Crippen LogP contribution in [0.4, 0.5) is 5.69 Å². The summed E-state index contributed by atoms with van der Waals surface area (Å²) in [5.74, 6) is 0.292. The van der Waals surface area contributed by atoms with E-state index in [9.17, 15) is 5.11 Å². The Bertz CT molecular complexity index is 1060. The van der Waals surface area contributed by atoms with Gasteiger partial charge >= 0.3 is 0 Å². The lowest BCUT2D eigenvalue weighted by atomic mass is 10.2. The number of rotatable bonds is 6. The van der Waals surface area contributed by atoms with Gasteiger partial charge in [-0.2, -0.15) is 5.10 Å². The molecule has 2 heterocycles. The van der Waals surface area contributed by atoms with Crippen molar-refractivity contribution in [2.75, 3.05) is 24.5 Å². The molecule has 1 aliphatic heterocycles. The van der Waals surface area contributed by atoms with Crippen LogP contribution >= 0.6 is 11.3 Å². The minimum atomic E-state index is 0.128. The molecule has 0 aliphatic carbocycles. The number of aliphatic hydroxyl groups is 1. The van der Waals surface area contributed by atoms with Crippen molar-refractivity contribution >= 4 is 44.9 Å². The Morgan fingerprint density at radius 2 is 1.90 bits per heavy atom. The van der Waals surface area contributed by atoms with E-state index in [1.54, 1.807) is 6.21 Å². The lowest BCUT2D eigenvalue weighted by molar-refractivity contribution is 0.358. The predicted octanol–water partition coefficient (Wildman–Crippen LogP) is 4.74. The maximum Gasteiger partial charge on any atom is 0.155 e. The van der Waals surface area contributed by atoms with Gasteiger partial charge in [0, 0.05) is 18.8 Å². The average molecular weight is 406 g/mol. The van der Waals surface area contributed by atoms with Gasteiger partial charge in [-0.3, -0.25) is 5.41 Å². The van der Waals surface area contributed by atoms with Crippen molar-refractivity contribution in [2.45, 2.75) is 13.8 Å². The molecule has 4 rings (SSSR count). The van der Waals surface area contributed by atoms with Gasteiger partial charge < -0.3 is 10.0 Å². The van der Waals surface area contributed by atoms with Crippen molar-refractivity contribution < 1.29 is 5.11 Å². The van der Waals surface area contributed by atoms with Crippen molar-refractivity contribution in [2.24, 2.45) is 5.10 Å². The van der Waals surface area contributed by atoms with Gasteiger partial charge in [0.2, 0.25) is 0 Å². The van der Waals surface area contributed by atoms with E-state index in [2.05, 4.69) is 41.0 Å². The predicted molar refractivity (Wildman–Crippen MR) is 121 cm³/mol. The summed E-state index contributed by atoms with van der Waals surface area (Å²) in [6.45, 7) is 6.39. The number of amidine groups is 1. The van der Waals surface area contributed by atoms with Gasteiger partial charge in [0.25, 0.3) is 0 Å². The molecule has 0 radical (unpaired) electrons. The number of nitrogens with zero attached hydrogens (tertiary/aromatic N) is 4. The largest absolute Gasteiger partial charge is 0.509 e. The van der Waals surface area contributed by atoms with E-state index in [1.165, 1.54) is 22.0 Å². The van der Waals surface area contributed by atoms with Crippen molar-refractivity contribution in [3.63, 3.8) is 0 Å². The molecule has 0 saturated carbocycles. The Balaban J connectivity index is 1.50. The zero-order valence-corrected chi connectivity index (χ0v) is 17.3. The zero-order chi connectivity index (χ0) is 20.4. The van der Waals surface area contributed by atoms with Crippen LogP contribution in [0.1, 0.15) is 24.4 Å². The van der Waals surface area contributed by atoms with Crippen LogP contribution < -0.4 is 4.90 Å². The highest BCUT2D eigenvalue weighted by Gasteiger charge is 2.30. The van der Waals surface area contributed by atoms with E-state index < -0.39 is 0 Å². The first-order valence-electron chi connectivity index (χ1n) is 9.64. The molecule has 148 valence electrons. The molecule has 0 amide bonds. The summed E-state index contributed by atoms with van der Waals surface area (Å²) in [7, 11) is 0. The van der Waals surface area contributed by atoms with E-state index in [-0.39, 0.29) is 18.1 Å². The number of hydrogen-bond acceptors (Lipinski definition) is 6. The molecular formula is C22H23N5OS. The quantitative estimate of drug-likeness (QED) is 0.581. The summed E-state index contributed by atoms with van der Waals surface area (Å²) < 4.78 is 1.03. The van der Waals surface area contributed by atoms with Crippen molar-refractivity contribution in [3.05, 3.63) is 64.9 Å². The van der Waals surface area contributed by atoms with E-state index in [0.29, 0.717) is 10.6 Å². The Kier molecular flexibility index (Phi) is 5.31. The Hall–Kier alpha value is -3.19. The third-order valence-corrected chi connectivity index (χ3v) is 6.01. The molecule has 2 aromatic carbocycles. The maximum atomic E-state index is 10.4. The van der Waals surface area contributed by atoms with Gasteiger partial charge in [-0.1, -0.05) is 24.3 Å².